The number of ether oxygens (including phenoxy) is 1. The minimum Gasteiger partial charge on any atom is -0.450 e. The largest absolute Gasteiger partial charge is 0.450 e. The van der Waals surface area contributed by atoms with Crippen LogP contribution in [0.2, 0.25) is 0 Å². The van der Waals surface area contributed by atoms with Crippen LogP contribution < -0.4 is 5.56 Å². The molecule has 1 fully saturated rings. The first-order chi connectivity index (χ1) is 13.9. The van der Waals surface area contributed by atoms with Gasteiger partial charge in [0, 0.05) is 37.8 Å². The molecule has 0 saturated carbocycles. The highest BCUT2D eigenvalue weighted by Gasteiger charge is 2.25. The molecule has 0 radical (unpaired) electrons. The van der Waals surface area contributed by atoms with Gasteiger partial charge in [-0.3, -0.25) is 9.59 Å². The number of hydrogen-bond acceptors (Lipinski definition) is 5. The fourth-order valence-corrected chi connectivity index (χ4v) is 3.39. The summed E-state index contributed by atoms with van der Waals surface area (Å²) in [4.78, 5) is 39.9. The van der Waals surface area contributed by atoms with E-state index in [1.807, 2.05) is 26.0 Å². The van der Waals surface area contributed by atoms with Gasteiger partial charge in [-0.1, -0.05) is 23.8 Å². The highest BCUT2D eigenvalue weighted by atomic mass is 16.6. The maximum atomic E-state index is 12.7. The first-order valence-electron chi connectivity index (χ1n) is 9.74. The summed E-state index contributed by atoms with van der Waals surface area (Å²) in [6.45, 7) is 7.60. The SMILES string of the molecule is CCOC(=O)N1CCN(C(=O)Cn2nc(-c3ccc(C)cc3C)ccc2=O)CC1. The molecule has 3 rings (SSSR count). The Morgan fingerprint density at radius 1 is 1.03 bits per heavy atom. The normalized spacial score (nSPS) is 14.0. The van der Waals surface area contributed by atoms with E-state index in [1.54, 1.807) is 22.8 Å². The molecule has 1 aromatic heterocycles. The monoisotopic (exact) mass is 398 g/mol. The van der Waals surface area contributed by atoms with Crippen molar-refractivity contribution in [2.75, 3.05) is 32.8 Å². The lowest BCUT2D eigenvalue weighted by molar-refractivity contribution is -0.133. The van der Waals surface area contributed by atoms with Crippen molar-refractivity contribution in [2.24, 2.45) is 0 Å². The first-order valence-corrected chi connectivity index (χ1v) is 9.74. The number of aryl methyl sites for hydroxylation is 2. The zero-order valence-electron chi connectivity index (χ0n) is 17.1. The van der Waals surface area contributed by atoms with Gasteiger partial charge in [0.15, 0.2) is 0 Å². The van der Waals surface area contributed by atoms with Crippen LogP contribution in [0.15, 0.2) is 35.1 Å². The average molecular weight is 398 g/mol. The van der Waals surface area contributed by atoms with Gasteiger partial charge >= 0.3 is 6.09 Å². The fourth-order valence-electron chi connectivity index (χ4n) is 3.39. The summed E-state index contributed by atoms with van der Waals surface area (Å²) in [5.41, 5.74) is 3.47. The Balaban J connectivity index is 1.69. The van der Waals surface area contributed by atoms with Crippen LogP contribution in [0.25, 0.3) is 11.3 Å². The Morgan fingerprint density at radius 2 is 1.72 bits per heavy atom. The molecule has 0 atom stereocenters. The third kappa shape index (κ3) is 4.82. The van der Waals surface area contributed by atoms with Gasteiger partial charge in [-0.2, -0.15) is 5.10 Å². The molecule has 1 aromatic carbocycles. The van der Waals surface area contributed by atoms with E-state index in [0.29, 0.717) is 38.5 Å². The number of amides is 2. The Bertz CT molecular complexity index is 961. The van der Waals surface area contributed by atoms with Crippen molar-refractivity contribution in [3.8, 4) is 11.3 Å². The summed E-state index contributed by atoms with van der Waals surface area (Å²) in [6, 6.07) is 9.14. The van der Waals surface area contributed by atoms with Gasteiger partial charge in [-0.15, -0.1) is 0 Å². The molecule has 1 aliphatic heterocycles. The molecule has 29 heavy (non-hydrogen) atoms. The summed E-state index contributed by atoms with van der Waals surface area (Å²) in [7, 11) is 0. The van der Waals surface area contributed by atoms with Gasteiger partial charge in [-0.25, -0.2) is 9.48 Å². The zero-order valence-corrected chi connectivity index (χ0v) is 17.1. The molecule has 0 aliphatic carbocycles. The van der Waals surface area contributed by atoms with E-state index in [-0.39, 0.29) is 24.1 Å². The van der Waals surface area contributed by atoms with Crippen molar-refractivity contribution in [1.82, 2.24) is 19.6 Å². The molecular formula is C21H26N4O4. The molecule has 0 spiro atoms. The first kappa shape index (κ1) is 20.6. The van der Waals surface area contributed by atoms with Crippen molar-refractivity contribution < 1.29 is 14.3 Å². The minimum atomic E-state index is -0.362. The predicted molar refractivity (Wildman–Crippen MR) is 109 cm³/mol. The number of benzene rings is 1. The summed E-state index contributed by atoms with van der Waals surface area (Å²) in [6.07, 6.45) is -0.362. The number of aromatic nitrogens is 2. The lowest BCUT2D eigenvalue weighted by Gasteiger charge is -2.34. The third-order valence-corrected chi connectivity index (χ3v) is 4.97. The summed E-state index contributed by atoms with van der Waals surface area (Å²) >= 11 is 0. The van der Waals surface area contributed by atoms with Gasteiger partial charge in [0.05, 0.1) is 12.3 Å². The molecule has 0 unspecified atom stereocenters. The lowest BCUT2D eigenvalue weighted by Crippen LogP contribution is -2.51. The van der Waals surface area contributed by atoms with Crippen LogP contribution in [0.5, 0.6) is 0 Å². The minimum absolute atomic E-state index is 0.128. The predicted octanol–water partition coefficient (Wildman–Crippen LogP) is 1.83. The molecule has 154 valence electrons. The van der Waals surface area contributed by atoms with Crippen molar-refractivity contribution >= 4 is 12.0 Å². The van der Waals surface area contributed by atoms with Gasteiger partial charge in [0.2, 0.25) is 5.91 Å². The Morgan fingerprint density at radius 3 is 2.38 bits per heavy atom. The molecule has 2 heterocycles. The van der Waals surface area contributed by atoms with Crippen LogP contribution >= 0.6 is 0 Å². The van der Waals surface area contributed by atoms with Crippen LogP contribution in [0, 0.1) is 13.8 Å². The second-order valence-corrected chi connectivity index (χ2v) is 7.10. The molecule has 1 saturated heterocycles. The van der Waals surface area contributed by atoms with Crippen LogP contribution in [0.4, 0.5) is 4.79 Å². The number of carbonyl (C=O) groups is 2. The Kier molecular flexibility index (Phi) is 6.31. The van der Waals surface area contributed by atoms with Gasteiger partial charge < -0.3 is 14.5 Å². The van der Waals surface area contributed by atoms with E-state index >= 15 is 0 Å². The average Bonchev–Trinajstić information content (AvgIpc) is 2.70. The molecular weight excluding hydrogens is 372 g/mol. The van der Waals surface area contributed by atoms with E-state index in [4.69, 9.17) is 4.74 Å². The standard InChI is InChI=1S/C21H26N4O4/c1-4-29-21(28)24-11-9-23(10-12-24)20(27)14-25-19(26)8-7-18(22-25)17-6-5-15(2)13-16(17)3/h5-8,13H,4,9-12,14H2,1-3H3. The number of hydrogen-bond donors (Lipinski definition) is 0. The topological polar surface area (TPSA) is 84.7 Å². The zero-order chi connectivity index (χ0) is 21.0. The van der Waals surface area contributed by atoms with Crippen LogP contribution in [-0.4, -0.2) is 64.4 Å². The lowest BCUT2D eigenvalue weighted by atomic mass is 10.0. The second-order valence-electron chi connectivity index (χ2n) is 7.10. The second kappa shape index (κ2) is 8.89. The van der Waals surface area contributed by atoms with Crippen molar-refractivity contribution in [3.05, 3.63) is 51.8 Å². The fraction of sp³-hybridized carbons (Fsp3) is 0.429. The molecule has 0 N–H and O–H groups in total. The van der Waals surface area contributed by atoms with Crippen molar-refractivity contribution in [2.45, 2.75) is 27.3 Å². The quantitative estimate of drug-likeness (QED) is 0.784. The molecule has 1 aliphatic rings. The van der Waals surface area contributed by atoms with E-state index in [2.05, 4.69) is 11.2 Å². The van der Waals surface area contributed by atoms with Crippen LogP contribution in [-0.2, 0) is 16.1 Å². The molecule has 8 heteroatoms. The van der Waals surface area contributed by atoms with Gasteiger partial charge in [0.25, 0.3) is 5.56 Å². The van der Waals surface area contributed by atoms with E-state index in [1.165, 1.54) is 10.7 Å². The molecule has 2 amide bonds. The van der Waals surface area contributed by atoms with Crippen molar-refractivity contribution in [1.29, 1.82) is 0 Å². The van der Waals surface area contributed by atoms with E-state index in [0.717, 1.165) is 16.7 Å². The highest BCUT2D eigenvalue weighted by molar-refractivity contribution is 5.76. The van der Waals surface area contributed by atoms with Crippen LogP contribution in [0.3, 0.4) is 0 Å². The maximum Gasteiger partial charge on any atom is 0.409 e. The number of nitrogens with zero attached hydrogens (tertiary/aromatic N) is 4. The third-order valence-electron chi connectivity index (χ3n) is 4.97. The Hall–Kier alpha value is -3.16. The van der Waals surface area contributed by atoms with Gasteiger partial charge in [0.1, 0.15) is 6.54 Å². The maximum absolute atomic E-state index is 12.7. The summed E-state index contributed by atoms with van der Waals surface area (Å²) < 4.78 is 6.19. The van der Waals surface area contributed by atoms with E-state index < -0.39 is 0 Å². The highest BCUT2D eigenvalue weighted by Crippen LogP contribution is 2.21. The number of rotatable bonds is 4. The summed E-state index contributed by atoms with van der Waals surface area (Å²) in [5, 5.41) is 4.41. The molecule has 0 bridgehead atoms. The number of carbonyl (C=O) groups excluding carboxylic acids is 2. The smallest absolute Gasteiger partial charge is 0.409 e. The number of piperazine rings is 1. The summed E-state index contributed by atoms with van der Waals surface area (Å²) in [5.74, 6) is -0.194. The Labute approximate surface area is 169 Å². The van der Waals surface area contributed by atoms with E-state index in [9.17, 15) is 14.4 Å². The molecule has 8 nitrogen and oxygen atoms in total. The van der Waals surface area contributed by atoms with Crippen molar-refractivity contribution in [3.63, 3.8) is 0 Å². The van der Waals surface area contributed by atoms with Gasteiger partial charge in [-0.05, 0) is 32.4 Å². The van der Waals surface area contributed by atoms with Crippen LogP contribution in [0.1, 0.15) is 18.1 Å². The molecule has 2 aromatic rings.